The Hall–Kier alpha value is -2.09. The molecule has 0 atom stereocenters. The van der Waals surface area contributed by atoms with Crippen molar-refractivity contribution in [2.75, 3.05) is 0 Å². The van der Waals surface area contributed by atoms with Crippen LogP contribution in [0.4, 0.5) is 0 Å². The molecule has 1 fully saturated rings. The van der Waals surface area contributed by atoms with Gasteiger partial charge in [-0.25, -0.2) is 0 Å². The Morgan fingerprint density at radius 3 is 2.35 bits per heavy atom. The lowest BCUT2D eigenvalue weighted by Crippen LogP contribution is -2.17. The summed E-state index contributed by atoms with van der Waals surface area (Å²) in [7, 11) is 2.10. The quantitative estimate of drug-likeness (QED) is 0.581. The molecule has 0 radical (unpaired) electrons. The molecule has 1 saturated carbocycles. The van der Waals surface area contributed by atoms with E-state index in [0.717, 1.165) is 18.4 Å². The van der Waals surface area contributed by atoms with E-state index < -0.39 is 0 Å². The molecule has 1 aliphatic carbocycles. The van der Waals surface area contributed by atoms with Crippen LogP contribution in [0.2, 0.25) is 0 Å². The lowest BCUT2D eigenvalue weighted by Gasteiger charge is -2.20. The van der Waals surface area contributed by atoms with Crippen molar-refractivity contribution in [3.8, 4) is 0 Å². The average Bonchev–Trinajstić information content (AvgIpc) is 2.87. The van der Waals surface area contributed by atoms with E-state index in [0.29, 0.717) is 5.78 Å². The van der Waals surface area contributed by atoms with Crippen LogP contribution in [0.3, 0.4) is 0 Å². The second kappa shape index (κ2) is 5.52. The highest BCUT2D eigenvalue weighted by atomic mass is 16.1. The number of ketones is 1. The fourth-order valence-corrected chi connectivity index (χ4v) is 4.09. The molecule has 3 aromatic rings. The molecular formula is C21H23NO. The van der Waals surface area contributed by atoms with Crippen molar-refractivity contribution in [1.82, 2.24) is 4.57 Å². The van der Waals surface area contributed by atoms with Crippen LogP contribution in [-0.2, 0) is 7.05 Å². The SMILES string of the molecule is Cc1ccc2c(c1)c1cc(C(=O)C3CCCCC3)ccc1n2C. The minimum absolute atomic E-state index is 0.234. The number of hydrogen-bond acceptors (Lipinski definition) is 1. The van der Waals surface area contributed by atoms with Crippen LogP contribution in [0, 0.1) is 12.8 Å². The van der Waals surface area contributed by atoms with Crippen LogP contribution >= 0.6 is 0 Å². The van der Waals surface area contributed by atoms with Crippen molar-refractivity contribution in [3.63, 3.8) is 0 Å². The molecule has 2 nitrogen and oxygen atoms in total. The van der Waals surface area contributed by atoms with Crippen LogP contribution < -0.4 is 0 Å². The summed E-state index contributed by atoms with van der Waals surface area (Å²) >= 11 is 0. The number of benzene rings is 2. The van der Waals surface area contributed by atoms with Crippen molar-refractivity contribution < 1.29 is 4.79 Å². The molecule has 118 valence electrons. The third-order valence-corrected chi connectivity index (χ3v) is 5.42. The standard InChI is InChI=1S/C21H23NO/c1-14-8-10-19-17(12-14)18-13-16(9-11-20(18)22(19)2)21(23)15-6-4-3-5-7-15/h8-13,15H,3-7H2,1-2H3. The molecule has 0 bridgehead atoms. The Balaban J connectivity index is 1.85. The highest BCUT2D eigenvalue weighted by Crippen LogP contribution is 2.32. The van der Waals surface area contributed by atoms with E-state index in [4.69, 9.17) is 0 Å². The smallest absolute Gasteiger partial charge is 0.165 e. The number of fused-ring (bicyclic) bond motifs is 3. The molecule has 0 spiro atoms. The molecule has 1 aliphatic rings. The summed E-state index contributed by atoms with van der Waals surface area (Å²) in [4.78, 5) is 12.8. The van der Waals surface area contributed by atoms with Crippen molar-refractivity contribution in [2.45, 2.75) is 39.0 Å². The van der Waals surface area contributed by atoms with Crippen LogP contribution in [0.1, 0.15) is 48.0 Å². The maximum Gasteiger partial charge on any atom is 0.165 e. The van der Waals surface area contributed by atoms with E-state index in [1.807, 2.05) is 6.07 Å². The number of nitrogens with zero attached hydrogens (tertiary/aromatic N) is 1. The summed E-state index contributed by atoms with van der Waals surface area (Å²) in [5, 5.41) is 2.45. The molecule has 23 heavy (non-hydrogen) atoms. The minimum atomic E-state index is 0.234. The fourth-order valence-electron chi connectivity index (χ4n) is 4.09. The summed E-state index contributed by atoms with van der Waals surface area (Å²) in [6.07, 6.45) is 5.81. The predicted octanol–water partition coefficient (Wildman–Crippen LogP) is 5.40. The number of aromatic nitrogens is 1. The Bertz CT molecular complexity index is 897. The van der Waals surface area contributed by atoms with Gasteiger partial charge >= 0.3 is 0 Å². The van der Waals surface area contributed by atoms with Crippen LogP contribution in [0.5, 0.6) is 0 Å². The van der Waals surface area contributed by atoms with Crippen molar-refractivity contribution in [3.05, 3.63) is 47.5 Å². The summed E-state index contributed by atoms with van der Waals surface area (Å²) in [5.74, 6) is 0.578. The van der Waals surface area contributed by atoms with Gasteiger partial charge < -0.3 is 4.57 Å². The lowest BCUT2D eigenvalue weighted by atomic mass is 9.83. The molecule has 2 heteroatoms. The van der Waals surface area contributed by atoms with Crippen LogP contribution in [-0.4, -0.2) is 10.4 Å². The van der Waals surface area contributed by atoms with Crippen molar-refractivity contribution in [1.29, 1.82) is 0 Å². The third kappa shape index (κ3) is 2.37. The van der Waals surface area contributed by atoms with E-state index in [-0.39, 0.29) is 5.92 Å². The first-order valence-corrected chi connectivity index (χ1v) is 8.68. The third-order valence-electron chi connectivity index (χ3n) is 5.42. The summed E-state index contributed by atoms with van der Waals surface area (Å²) in [5.41, 5.74) is 4.58. The van der Waals surface area contributed by atoms with Gasteiger partial charge in [0.2, 0.25) is 0 Å². The summed E-state index contributed by atoms with van der Waals surface area (Å²) < 4.78 is 2.22. The molecule has 1 aromatic heterocycles. The first-order chi connectivity index (χ1) is 11.1. The second-order valence-corrected chi connectivity index (χ2v) is 7.01. The molecule has 0 amide bonds. The van der Waals surface area contributed by atoms with Gasteiger partial charge in [-0.05, 0) is 50.1 Å². The van der Waals surface area contributed by atoms with Gasteiger partial charge in [0.05, 0.1) is 0 Å². The molecule has 1 heterocycles. The van der Waals surface area contributed by atoms with Gasteiger partial charge in [0, 0.05) is 40.3 Å². The van der Waals surface area contributed by atoms with Gasteiger partial charge in [0.15, 0.2) is 5.78 Å². The van der Waals surface area contributed by atoms with Crippen LogP contribution in [0.25, 0.3) is 21.8 Å². The Kier molecular flexibility index (Phi) is 3.48. The molecule has 2 aromatic carbocycles. The zero-order chi connectivity index (χ0) is 16.0. The predicted molar refractivity (Wildman–Crippen MR) is 96.1 cm³/mol. The van der Waals surface area contributed by atoms with Gasteiger partial charge in [-0.15, -0.1) is 0 Å². The first kappa shape index (κ1) is 14.5. The molecular weight excluding hydrogens is 282 g/mol. The monoisotopic (exact) mass is 305 g/mol. The fraction of sp³-hybridized carbons (Fsp3) is 0.381. The topological polar surface area (TPSA) is 22.0 Å². The Morgan fingerprint density at radius 1 is 0.957 bits per heavy atom. The first-order valence-electron chi connectivity index (χ1n) is 8.68. The number of rotatable bonds is 2. The zero-order valence-electron chi connectivity index (χ0n) is 13.9. The number of carbonyl (C=O) groups is 1. The van der Waals surface area contributed by atoms with Gasteiger partial charge in [-0.2, -0.15) is 0 Å². The van der Waals surface area contributed by atoms with Gasteiger partial charge in [0.25, 0.3) is 0 Å². The summed E-state index contributed by atoms with van der Waals surface area (Å²) in [6.45, 7) is 2.12. The normalized spacial score (nSPS) is 16.3. The van der Waals surface area contributed by atoms with Gasteiger partial charge in [-0.1, -0.05) is 30.9 Å². The number of hydrogen-bond donors (Lipinski definition) is 0. The molecule has 0 aliphatic heterocycles. The molecule has 0 N–H and O–H groups in total. The van der Waals surface area contributed by atoms with E-state index >= 15 is 0 Å². The zero-order valence-corrected chi connectivity index (χ0v) is 13.9. The number of Topliss-reactive ketones (excluding diaryl/α,β-unsaturated/α-hetero) is 1. The van der Waals surface area contributed by atoms with E-state index in [1.165, 1.54) is 46.6 Å². The average molecular weight is 305 g/mol. The van der Waals surface area contributed by atoms with E-state index in [1.54, 1.807) is 0 Å². The largest absolute Gasteiger partial charge is 0.344 e. The van der Waals surface area contributed by atoms with Crippen molar-refractivity contribution in [2.24, 2.45) is 13.0 Å². The highest BCUT2D eigenvalue weighted by molar-refractivity contribution is 6.11. The van der Waals surface area contributed by atoms with Crippen molar-refractivity contribution >= 4 is 27.6 Å². The minimum Gasteiger partial charge on any atom is -0.344 e. The van der Waals surface area contributed by atoms with E-state index in [2.05, 4.69) is 48.9 Å². The maximum atomic E-state index is 12.8. The van der Waals surface area contributed by atoms with Gasteiger partial charge in [-0.3, -0.25) is 4.79 Å². The van der Waals surface area contributed by atoms with Gasteiger partial charge in [0.1, 0.15) is 0 Å². The van der Waals surface area contributed by atoms with E-state index in [9.17, 15) is 4.79 Å². The maximum absolute atomic E-state index is 12.8. The number of carbonyl (C=O) groups excluding carboxylic acids is 1. The van der Waals surface area contributed by atoms with Crippen LogP contribution in [0.15, 0.2) is 36.4 Å². The number of aryl methyl sites for hydroxylation is 2. The second-order valence-electron chi connectivity index (χ2n) is 7.01. The Labute approximate surface area is 137 Å². The highest BCUT2D eigenvalue weighted by Gasteiger charge is 2.23. The lowest BCUT2D eigenvalue weighted by molar-refractivity contribution is 0.0889. The summed E-state index contributed by atoms with van der Waals surface area (Å²) in [6, 6.07) is 12.8. The molecule has 4 rings (SSSR count). The molecule has 0 saturated heterocycles. The molecule has 0 unspecified atom stereocenters. The Morgan fingerprint density at radius 2 is 1.61 bits per heavy atom.